The molecule has 1 N–H and O–H groups in total. The number of carbonyl (C=O) groups excluding carboxylic acids is 2. The van der Waals surface area contributed by atoms with E-state index < -0.39 is 0 Å². The van der Waals surface area contributed by atoms with Gasteiger partial charge in [0, 0.05) is 25.2 Å². The first-order valence-electron chi connectivity index (χ1n) is 11.5. The lowest BCUT2D eigenvalue weighted by Crippen LogP contribution is -2.43. The molecule has 5 rings (SSSR count). The number of hydrogen-bond acceptors (Lipinski definition) is 5. The SMILES string of the molecule is O=C(NCc1ccccn1)C1CCN(C(=O)c2ncn3c2CO[C@H](c2ccc(F)cc2)C3)CC1. The number of fused-ring (bicyclic) bond motifs is 1. The van der Waals surface area contributed by atoms with Gasteiger partial charge in [-0.2, -0.15) is 0 Å². The molecule has 1 fully saturated rings. The Labute approximate surface area is 196 Å². The topological polar surface area (TPSA) is 89.4 Å². The number of rotatable bonds is 5. The molecule has 0 spiro atoms. The summed E-state index contributed by atoms with van der Waals surface area (Å²) in [4.78, 5) is 36.0. The number of piperidine rings is 1. The van der Waals surface area contributed by atoms with Crippen molar-refractivity contribution in [2.24, 2.45) is 5.92 Å². The van der Waals surface area contributed by atoms with Crippen LogP contribution in [-0.2, 0) is 29.2 Å². The van der Waals surface area contributed by atoms with Crippen molar-refractivity contribution in [2.45, 2.75) is 38.6 Å². The Morgan fingerprint density at radius 2 is 1.88 bits per heavy atom. The highest BCUT2D eigenvalue weighted by Crippen LogP contribution is 2.29. The Hall–Kier alpha value is -3.59. The van der Waals surface area contributed by atoms with Crippen LogP contribution >= 0.6 is 0 Å². The molecule has 1 aromatic carbocycles. The molecule has 9 heteroatoms. The molecule has 0 saturated carbocycles. The van der Waals surface area contributed by atoms with Gasteiger partial charge in [-0.15, -0.1) is 0 Å². The lowest BCUT2D eigenvalue weighted by atomic mass is 9.95. The normalized spacial score (nSPS) is 18.4. The molecule has 1 saturated heterocycles. The van der Waals surface area contributed by atoms with Gasteiger partial charge < -0.3 is 19.5 Å². The Morgan fingerprint density at radius 1 is 1.09 bits per heavy atom. The van der Waals surface area contributed by atoms with Crippen LogP contribution < -0.4 is 5.32 Å². The Bertz CT molecular complexity index is 1160. The zero-order chi connectivity index (χ0) is 23.5. The van der Waals surface area contributed by atoms with Gasteiger partial charge in [-0.1, -0.05) is 18.2 Å². The summed E-state index contributed by atoms with van der Waals surface area (Å²) >= 11 is 0. The number of nitrogens with zero attached hydrogens (tertiary/aromatic N) is 4. The van der Waals surface area contributed by atoms with Crippen molar-refractivity contribution >= 4 is 11.8 Å². The van der Waals surface area contributed by atoms with Crippen molar-refractivity contribution in [3.63, 3.8) is 0 Å². The lowest BCUT2D eigenvalue weighted by molar-refractivity contribution is -0.126. The third kappa shape index (κ3) is 4.70. The first kappa shape index (κ1) is 22.2. The van der Waals surface area contributed by atoms with E-state index in [0.29, 0.717) is 44.7 Å². The van der Waals surface area contributed by atoms with Crippen molar-refractivity contribution in [3.05, 3.63) is 83.5 Å². The third-order valence-electron chi connectivity index (χ3n) is 6.50. The first-order chi connectivity index (χ1) is 16.6. The number of aromatic nitrogens is 3. The van der Waals surface area contributed by atoms with E-state index in [9.17, 15) is 14.0 Å². The molecule has 3 aromatic rings. The highest BCUT2D eigenvalue weighted by Gasteiger charge is 2.32. The van der Waals surface area contributed by atoms with Crippen molar-refractivity contribution in [1.82, 2.24) is 24.8 Å². The third-order valence-corrected chi connectivity index (χ3v) is 6.50. The molecule has 1 atom stereocenters. The zero-order valence-corrected chi connectivity index (χ0v) is 18.7. The van der Waals surface area contributed by atoms with Gasteiger partial charge in [0.2, 0.25) is 5.91 Å². The number of amides is 2. The quantitative estimate of drug-likeness (QED) is 0.629. The van der Waals surface area contributed by atoms with Crippen LogP contribution in [0.4, 0.5) is 4.39 Å². The van der Waals surface area contributed by atoms with Crippen LogP contribution in [0.25, 0.3) is 0 Å². The second kappa shape index (κ2) is 9.72. The van der Waals surface area contributed by atoms with Gasteiger partial charge in [-0.3, -0.25) is 14.6 Å². The number of nitrogens with one attached hydrogen (secondary N) is 1. The fourth-order valence-electron chi connectivity index (χ4n) is 4.50. The summed E-state index contributed by atoms with van der Waals surface area (Å²) < 4.78 is 21.1. The van der Waals surface area contributed by atoms with Crippen LogP contribution in [-0.4, -0.2) is 44.3 Å². The van der Waals surface area contributed by atoms with Gasteiger partial charge >= 0.3 is 0 Å². The van der Waals surface area contributed by atoms with Crippen molar-refractivity contribution in [1.29, 1.82) is 0 Å². The van der Waals surface area contributed by atoms with E-state index in [1.165, 1.54) is 12.1 Å². The summed E-state index contributed by atoms with van der Waals surface area (Å²) in [6, 6.07) is 11.9. The fourth-order valence-corrected chi connectivity index (χ4v) is 4.50. The van der Waals surface area contributed by atoms with E-state index in [-0.39, 0.29) is 36.3 Å². The number of halogens is 1. The second-order valence-corrected chi connectivity index (χ2v) is 8.65. The molecule has 2 aromatic heterocycles. The molecule has 34 heavy (non-hydrogen) atoms. The average Bonchev–Trinajstić information content (AvgIpc) is 3.31. The standard InChI is InChI=1S/C25H26FN5O3/c26-19-6-4-17(5-7-19)22-14-31-16-29-23(21(31)15-34-22)25(33)30-11-8-18(9-12-30)24(32)28-13-20-3-1-2-10-27-20/h1-7,10,16,18,22H,8-9,11-15H2,(H,28,32)/t22-/m0/s1. The maximum absolute atomic E-state index is 13.2. The number of ether oxygens (including phenoxy) is 1. The summed E-state index contributed by atoms with van der Waals surface area (Å²) in [5.41, 5.74) is 2.85. The van der Waals surface area contributed by atoms with E-state index in [2.05, 4.69) is 15.3 Å². The van der Waals surface area contributed by atoms with E-state index in [0.717, 1.165) is 17.0 Å². The Morgan fingerprint density at radius 3 is 2.62 bits per heavy atom. The predicted octanol–water partition coefficient (Wildman–Crippen LogP) is 2.86. The fraction of sp³-hybridized carbons (Fsp3) is 0.360. The molecule has 8 nitrogen and oxygen atoms in total. The highest BCUT2D eigenvalue weighted by atomic mass is 19.1. The molecule has 2 amide bonds. The van der Waals surface area contributed by atoms with Crippen LogP contribution in [0.2, 0.25) is 0 Å². The molecular weight excluding hydrogens is 437 g/mol. The maximum Gasteiger partial charge on any atom is 0.274 e. The van der Waals surface area contributed by atoms with Crippen molar-refractivity contribution < 1.29 is 18.7 Å². The van der Waals surface area contributed by atoms with Crippen molar-refractivity contribution in [2.75, 3.05) is 13.1 Å². The summed E-state index contributed by atoms with van der Waals surface area (Å²) in [6.45, 7) is 2.19. The summed E-state index contributed by atoms with van der Waals surface area (Å²) in [7, 11) is 0. The molecule has 176 valence electrons. The minimum absolute atomic E-state index is 0.00245. The van der Waals surface area contributed by atoms with Crippen molar-refractivity contribution in [3.8, 4) is 0 Å². The Kier molecular flexibility index (Phi) is 6.35. The first-order valence-corrected chi connectivity index (χ1v) is 11.5. The average molecular weight is 464 g/mol. The van der Waals surface area contributed by atoms with E-state index in [1.807, 2.05) is 22.8 Å². The zero-order valence-electron chi connectivity index (χ0n) is 18.7. The molecular formula is C25H26FN5O3. The molecule has 0 radical (unpaired) electrons. The van der Waals surface area contributed by atoms with Gasteiger partial charge in [0.1, 0.15) is 11.9 Å². The Balaban J connectivity index is 1.16. The highest BCUT2D eigenvalue weighted by molar-refractivity contribution is 5.93. The number of hydrogen-bond donors (Lipinski definition) is 1. The number of benzene rings is 1. The second-order valence-electron chi connectivity index (χ2n) is 8.65. The van der Waals surface area contributed by atoms with Gasteiger partial charge in [0.05, 0.1) is 37.4 Å². The van der Waals surface area contributed by atoms with E-state index >= 15 is 0 Å². The van der Waals surface area contributed by atoms with E-state index in [1.54, 1.807) is 29.6 Å². The van der Waals surface area contributed by atoms with Crippen LogP contribution in [0.5, 0.6) is 0 Å². The van der Waals surface area contributed by atoms with Gasteiger partial charge in [-0.25, -0.2) is 9.37 Å². The van der Waals surface area contributed by atoms with E-state index in [4.69, 9.17) is 4.74 Å². The number of likely N-dealkylation sites (tertiary alicyclic amines) is 1. The molecule has 2 aliphatic heterocycles. The number of pyridine rings is 1. The van der Waals surface area contributed by atoms with Crippen LogP contribution in [0.15, 0.2) is 55.0 Å². The minimum Gasteiger partial charge on any atom is -0.365 e. The van der Waals surface area contributed by atoms with Gasteiger partial charge in [0.25, 0.3) is 5.91 Å². The summed E-state index contributed by atoms with van der Waals surface area (Å²) in [5, 5.41) is 2.94. The molecule has 0 bridgehead atoms. The predicted molar refractivity (Wildman–Crippen MR) is 121 cm³/mol. The molecule has 2 aliphatic rings. The summed E-state index contributed by atoms with van der Waals surface area (Å²) in [5.74, 6) is -0.545. The van der Waals surface area contributed by atoms with Gasteiger partial charge in [-0.05, 0) is 42.7 Å². The lowest BCUT2D eigenvalue weighted by Gasteiger charge is -2.31. The smallest absolute Gasteiger partial charge is 0.274 e. The number of imidazole rings is 1. The van der Waals surface area contributed by atoms with Gasteiger partial charge in [0.15, 0.2) is 5.69 Å². The van der Waals surface area contributed by atoms with Crippen LogP contribution in [0.1, 0.15) is 46.4 Å². The largest absolute Gasteiger partial charge is 0.365 e. The van der Waals surface area contributed by atoms with Crippen LogP contribution in [0.3, 0.4) is 0 Å². The number of carbonyl (C=O) groups is 2. The summed E-state index contributed by atoms with van der Waals surface area (Å²) in [6.07, 6.45) is 4.37. The molecule has 0 aliphatic carbocycles. The minimum atomic E-state index is -0.287. The van der Waals surface area contributed by atoms with Crippen LogP contribution in [0, 0.1) is 11.7 Å². The monoisotopic (exact) mass is 463 g/mol. The molecule has 4 heterocycles. The molecule has 0 unspecified atom stereocenters. The maximum atomic E-state index is 13.2.